The fraction of sp³-hybridized carbons (Fsp3) is 0.474. The molecule has 0 heterocycles. The number of carbonyl (C=O) groups is 2. The van der Waals surface area contributed by atoms with Gasteiger partial charge in [0.05, 0.1) is 39.8 Å². The fourth-order valence-corrected chi connectivity index (χ4v) is 9.45. The van der Waals surface area contributed by atoms with E-state index in [9.17, 15) is 45.1 Å². The van der Waals surface area contributed by atoms with E-state index < -0.39 is 73.4 Å². The largest absolute Gasteiger partial charge is 0.416 e. The molecule has 8 nitrogen and oxygen atoms in total. The minimum atomic E-state index is -4.59. The first-order chi connectivity index (χ1) is 25.1. The van der Waals surface area contributed by atoms with E-state index in [0.717, 1.165) is 65.7 Å². The Balaban J connectivity index is 1.83. The lowest BCUT2D eigenvalue weighted by Crippen LogP contribution is -2.52. The van der Waals surface area contributed by atoms with E-state index in [0.29, 0.717) is 38.3 Å². The third-order valence-electron chi connectivity index (χ3n) is 8.65. The van der Waals surface area contributed by atoms with Crippen molar-refractivity contribution < 1.29 is 45.1 Å². The first-order valence-electron chi connectivity index (χ1n) is 17.6. The van der Waals surface area contributed by atoms with Crippen molar-refractivity contribution in [3.63, 3.8) is 0 Å². The molecule has 0 radical (unpaired) electrons. The van der Waals surface area contributed by atoms with E-state index in [1.165, 1.54) is 0 Å². The van der Waals surface area contributed by atoms with Gasteiger partial charge in [-0.1, -0.05) is 57.9 Å². The smallest absolute Gasteiger partial charge is 0.390 e. The first-order valence-corrected chi connectivity index (χ1v) is 20.3. The molecular formula is C38H48F5N3O5S2. The minimum absolute atomic E-state index is 0.0343. The van der Waals surface area contributed by atoms with Crippen LogP contribution in [0.4, 0.5) is 22.0 Å². The molecule has 0 bridgehead atoms. The molecule has 3 aromatic rings. The summed E-state index contributed by atoms with van der Waals surface area (Å²) in [4.78, 5) is 26.7. The normalized spacial score (nSPS) is 13.8. The van der Waals surface area contributed by atoms with Crippen LogP contribution in [0.5, 0.6) is 0 Å². The van der Waals surface area contributed by atoms with Crippen LogP contribution < -0.4 is 16.0 Å². The van der Waals surface area contributed by atoms with Crippen molar-refractivity contribution in [3.05, 3.63) is 106 Å². The Kier molecular flexibility index (Phi) is 17.2. The van der Waals surface area contributed by atoms with Gasteiger partial charge in [0, 0.05) is 24.7 Å². The van der Waals surface area contributed by atoms with Gasteiger partial charge in [-0.15, -0.1) is 11.8 Å². The number of aliphatic hydroxyl groups excluding tert-OH is 1. The average molecular weight is 786 g/mol. The van der Waals surface area contributed by atoms with Crippen LogP contribution in [0, 0.1) is 11.6 Å². The van der Waals surface area contributed by atoms with E-state index in [4.69, 9.17) is 0 Å². The molecule has 3 aromatic carbocycles. The van der Waals surface area contributed by atoms with E-state index in [-0.39, 0.29) is 30.0 Å². The molecule has 0 aliphatic heterocycles. The van der Waals surface area contributed by atoms with Crippen LogP contribution in [0.3, 0.4) is 0 Å². The zero-order valence-corrected chi connectivity index (χ0v) is 31.7. The zero-order chi connectivity index (χ0) is 39.2. The molecule has 3 atom stereocenters. The van der Waals surface area contributed by atoms with Crippen LogP contribution in [0.1, 0.15) is 79.1 Å². The Morgan fingerprint density at radius 3 is 2.08 bits per heavy atom. The molecule has 2 amide bonds. The van der Waals surface area contributed by atoms with Gasteiger partial charge in [0.2, 0.25) is 5.91 Å². The van der Waals surface area contributed by atoms with E-state index in [2.05, 4.69) is 16.0 Å². The van der Waals surface area contributed by atoms with Crippen LogP contribution in [0.25, 0.3) is 0 Å². The molecule has 0 aliphatic carbocycles. The Labute approximate surface area is 312 Å². The average Bonchev–Trinajstić information content (AvgIpc) is 3.10. The van der Waals surface area contributed by atoms with Gasteiger partial charge in [-0.25, -0.2) is 17.2 Å². The van der Waals surface area contributed by atoms with Gasteiger partial charge >= 0.3 is 6.18 Å². The van der Waals surface area contributed by atoms with Crippen LogP contribution in [-0.4, -0.2) is 66.2 Å². The summed E-state index contributed by atoms with van der Waals surface area (Å²) in [5, 5.41) is 17.6. The number of aliphatic hydroxyl groups is 1. The molecule has 0 saturated carbocycles. The summed E-state index contributed by atoms with van der Waals surface area (Å²) in [5.74, 6) is -4.11. The summed E-state index contributed by atoms with van der Waals surface area (Å²) in [6, 6.07) is 13.1. The molecule has 53 heavy (non-hydrogen) atoms. The number of thioether (sulfide) groups is 1. The summed E-state index contributed by atoms with van der Waals surface area (Å²) >= 11 is 0.804. The number of nitrogens with one attached hydrogen (secondary N) is 3. The van der Waals surface area contributed by atoms with Gasteiger partial charge in [-0.2, -0.15) is 13.2 Å². The third kappa shape index (κ3) is 14.3. The second-order valence-electron chi connectivity index (χ2n) is 12.9. The number of carbonyl (C=O) groups excluding carboxylic acids is 2. The van der Waals surface area contributed by atoms with E-state index in [1.807, 2.05) is 45.0 Å². The van der Waals surface area contributed by atoms with Gasteiger partial charge in [0.15, 0.2) is 9.84 Å². The maximum atomic E-state index is 14.2. The molecule has 0 spiro atoms. The minimum Gasteiger partial charge on any atom is -0.390 e. The number of sulfone groups is 1. The van der Waals surface area contributed by atoms with Crippen LogP contribution in [-0.2, 0) is 40.2 Å². The highest BCUT2D eigenvalue weighted by molar-refractivity contribution is 8.02. The maximum Gasteiger partial charge on any atom is 0.416 e. The maximum absolute atomic E-state index is 14.2. The molecule has 15 heteroatoms. The highest BCUT2D eigenvalue weighted by Gasteiger charge is 2.34. The third-order valence-corrected chi connectivity index (χ3v) is 12.2. The second kappa shape index (κ2) is 20.8. The monoisotopic (exact) mass is 785 g/mol. The number of benzene rings is 3. The number of amides is 2. The van der Waals surface area contributed by atoms with Gasteiger partial charge in [-0.05, 0) is 78.8 Å². The molecular weight excluding hydrogens is 738 g/mol. The summed E-state index contributed by atoms with van der Waals surface area (Å²) in [6.07, 6.45) is -3.31. The summed E-state index contributed by atoms with van der Waals surface area (Å²) < 4.78 is 94.6. The van der Waals surface area contributed by atoms with Crippen molar-refractivity contribution >= 4 is 33.4 Å². The Morgan fingerprint density at radius 1 is 0.868 bits per heavy atom. The SMILES string of the molecule is CCCC(CCC)S(=O)(=O)CC(SCNC(=O)c1ccc(C(F)(F)F)cc1)C(=O)N[C@@H](Cc1cc(F)cc(F)c1)[C@H](O)CNCc1cccc(CC)c1. The summed E-state index contributed by atoms with van der Waals surface area (Å²) in [7, 11) is -3.86. The highest BCUT2D eigenvalue weighted by atomic mass is 32.2. The van der Waals surface area contributed by atoms with Gasteiger partial charge < -0.3 is 21.1 Å². The molecule has 0 aromatic heterocycles. The number of hydrogen-bond acceptors (Lipinski definition) is 7. The van der Waals surface area contributed by atoms with Crippen molar-refractivity contribution in [1.29, 1.82) is 0 Å². The van der Waals surface area contributed by atoms with Crippen LogP contribution >= 0.6 is 11.8 Å². The predicted octanol–water partition coefficient (Wildman–Crippen LogP) is 6.60. The van der Waals surface area contributed by atoms with E-state index >= 15 is 0 Å². The van der Waals surface area contributed by atoms with Crippen molar-refractivity contribution in [1.82, 2.24) is 16.0 Å². The first kappa shape index (κ1) is 43.9. The van der Waals surface area contributed by atoms with E-state index in [1.54, 1.807) is 0 Å². The number of alkyl halides is 3. The lowest BCUT2D eigenvalue weighted by molar-refractivity contribution is -0.137. The molecule has 0 saturated heterocycles. The Morgan fingerprint density at radius 2 is 1.49 bits per heavy atom. The summed E-state index contributed by atoms with van der Waals surface area (Å²) in [5.41, 5.74) is 1.22. The highest BCUT2D eigenvalue weighted by Crippen LogP contribution is 2.29. The number of rotatable bonds is 21. The van der Waals surface area contributed by atoms with Crippen molar-refractivity contribution in [2.45, 2.75) is 94.7 Å². The van der Waals surface area contributed by atoms with Crippen LogP contribution in [0.15, 0.2) is 66.7 Å². The predicted molar refractivity (Wildman–Crippen MR) is 198 cm³/mol. The molecule has 1 unspecified atom stereocenters. The van der Waals surface area contributed by atoms with Crippen molar-refractivity contribution in [2.24, 2.45) is 0 Å². The quantitative estimate of drug-likeness (QED) is 0.0710. The Hall–Kier alpha value is -3.53. The lowest BCUT2D eigenvalue weighted by atomic mass is 10.00. The summed E-state index contributed by atoms with van der Waals surface area (Å²) in [6.45, 7) is 6.07. The molecule has 292 valence electrons. The number of aryl methyl sites for hydroxylation is 1. The molecule has 0 fully saturated rings. The lowest BCUT2D eigenvalue weighted by Gasteiger charge is -2.28. The van der Waals surface area contributed by atoms with Crippen LogP contribution in [0.2, 0.25) is 0 Å². The van der Waals surface area contributed by atoms with Crippen molar-refractivity contribution in [3.8, 4) is 0 Å². The fourth-order valence-electron chi connectivity index (χ4n) is 5.82. The Bertz CT molecular complexity index is 1720. The standard InChI is InChI=1S/C38H48F5N3O5S2/c1-4-8-32(9-5-2)53(50,51)23-35(52-24-45-36(48)28-12-14-29(15-13-28)38(41,42)43)37(49)46-33(19-27-17-30(39)20-31(40)18-27)34(47)22-44-21-26-11-7-10-25(6-3)16-26/h7,10-18,20,32-35,44,47H,4-6,8-9,19,21-24H2,1-3H3,(H,45,48)(H,46,49)/t33-,34+,35?/m0/s1. The van der Waals surface area contributed by atoms with Gasteiger partial charge in [0.25, 0.3) is 5.91 Å². The second-order valence-corrected chi connectivity index (χ2v) is 16.4. The molecule has 0 aliphatic rings. The topological polar surface area (TPSA) is 125 Å². The van der Waals surface area contributed by atoms with Gasteiger partial charge in [0.1, 0.15) is 11.6 Å². The molecule has 4 N–H and O–H groups in total. The zero-order valence-electron chi connectivity index (χ0n) is 30.0. The number of hydrogen-bond donors (Lipinski definition) is 4. The van der Waals surface area contributed by atoms with Crippen molar-refractivity contribution in [2.75, 3.05) is 18.2 Å². The van der Waals surface area contributed by atoms with Gasteiger partial charge in [-0.3, -0.25) is 9.59 Å². The number of halogens is 5. The molecule has 3 rings (SSSR count).